The number of ether oxygens (including phenoxy) is 2. The summed E-state index contributed by atoms with van der Waals surface area (Å²) in [4.78, 5) is 22.2. The molecule has 0 bridgehead atoms. The summed E-state index contributed by atoms with van der Waals surface area (Å²) >= 11 is 0. The summed E-state index contributed by atoms with van der Waals surface area (Å²) in [5, 5.41) is 12.9. The van der Waals surface area contributed by atoms with Crippen molar-refractivity contribution in [1.29, 1.82) is 0 Å². The van der Waals surface area contributed by atoms with E-state index in [0.29, 0.717) is 41.2 Å². The predicted molar refractivity (Wildman–Crippen MR) is 173 cm³/mol. The Morgan fingerprint density at radius 1 is 1.07 bits per heavy atom. The van der Waals surface area contributed by atoms with Crippen molar-refractivity contribution >= 4 is 23.6 Å². The van der Waals surface area contributed by atoms with Gasteiger partial charge in [-0.1, -0.05) is 84.0 Å². The van der Waals surface area contributed by atoms with Gasteiger partial charge in [-0.25, -0.2) is 14.8 Å². The van der Waals surface area contributed by atoms with Crippen molar-refractivity contribution in [3.05, 3.63) is 148 Å². The minimum atomic E-state index is -1.55. The molecule has 4 aromatic rings. The zero-order valence-electron chi connectivity index (χ0n) is 24.9. The molecule has 1 aliphatic heterocycles. The topological polar surface area (TPSA) is 141 Å². The van der Waals surface area contributed by atoms with Gasteiger partial charge in [-0.3, -0.25) is 10.2 Å². The van der Waals surface area contributed by atoms with Crippen LogP contribution in [-0.2, 0) is 16.1 Å². The molecule has 1 amide bonds. The summed E-state index contributed by atoms with van der Waals surface area (Å²) in [5.41, 5.74) is 16.4. The fourth-order valence-electron chi connectivity index (χ4n) is 5.06. The number of nitrogens with zero attached hydrogens (tertiary/aromatic N) is 4. The molecule has 3 N–H and O–H groups in total. The molecule has 0 saturated heterocycles. The van der Waals surface area contributed by atoms with Crippen molar-refractivity contribution in [1.82, 2.24) is 10.9 Å². The fourth-order valence-corrected chi connectivity index (χ4v) is 5.06. The highest BCUT2D eigenvalue weighted by molar-refractivity contribution is 6.01. The third-order valence-corrected chi connectivity index (χ3v) is 7.32. The highest BCUT2D eigenvalue weighted by atomic mass is 19.1. The molecule has 0 unspecified atom stereocenters. The first kappa shape index (κ1) is 31.9. The van der Waals surface area contributed by atoms with E-state index < -0.39 is 17.6 Å². The van der Waals surface area contributed by atoms with Crippen LogP contribution in [0.1, 0.15) is 41.2 Å². The SMILES string of the molecule is [N-]=[N+]=Nc1ccccc1[C@@H]1OC(c2ccc(OCCCO)cc2)=N[C@]1(C/C=C/c1ccccc1)C(=O)NNCc1cccc(F)c1. The lowest BCUT2D eigenvalue weighted by molar-refractivity contribution is -0.129. The Labute approximate surface area is 265 Å². The van der Waals surface area contributed by atoms with Crippen LogP contribution in [0.15, 0.2) is 119 Å². The van der Waals surface area contributed by atoms with Gasteiger partial charge in [0.1, 0.15) is 11.6 Å². The van der Waals surface area contributed by atoms with Crippen LogP contribution in [0.4, 0.5) is 10.1 Å². The highest BCUT2D eigenvalue weighted by Gasteiger charge is 2.53. The van der Waals surface area contributed by atoms with Crippen LogP contribution >= 0.6 is 0 Å². The summed E-state index contributed by atoms with van der Waals surface area (Å²) in [6.07, 6.45) is 3.40. The molecule has 2 atom stereocenters. The van der Waals surface area contributed by atoms with Crippen LogP contribution in [0.2, 0.25) is 0 Å². The fraction of sp³-hybridized carbons (Fsp3) is 0.200. The molecular weight excluding hydrogens is 587 g/mol. The predicted octanol–water partition coefficient (Wildman–Crippen LogP) is 6.71. The van der Waals surface area contributed by atoms with E-state index in [2.05, 4.69) is 20.9 Å². The van der Waals surface area contributed by atoms with E-state index in [9.17, 15) is 14.7 Å². The zero-order chi connectivity index (χ0) is 32.2. The molecule has 0 radical (unpaired) electrons. The zero-order valence-corrected chi connectivity index (χ0v) is 24.9. The Bertz CT molecular complexity index is 1740. The maximum atomic E-state index is 14.3. The minimum absolute atomic E-state index is 0.0292. The largest absolute Gasteiger partial charge is 0.494 e. The molecule has 46 heavy (non-hydrogen) atoms. The number of carbonyl (C=O) groups is 1. The van der Waals surface area contributed by atoms with Gasteiger partial charge in [-0.2, -0.15) is 0 Å². The van der Waals surface area contributed by atoms with Gasteiger partial charge in [0.2, 0.25) is 5.90 Å². The van der Waals surface area contributed by atoms with Crippen LogP contribution in [0, 0.1) is 5.82 Å². The minimum Gasteiger partial charge on any atom is -0.494 e. The van der Waals surface area contributed by atoms with Crippen molar-refractivity contribution < 1.29 is 23.8 Å². The lowest BCUT2D eigenvalue weighted by atomic mass is 9.83. The molecular formula is C35H33FN6O4. The van der Waals surface area contributed by atoms with Crippen molar-refractivity contribution in [2.45, 2.75) is 31.0 Å². The number of aliphatic hydroxyl groups excluding tert-OH is 1. The van der Waals surface area contributed by atoms with E-state index in [-0.39, 0.29) is 31.3 Å². The van der Waals surface area contributed by atoms with Gasteiger partial charge in [-0.05, 0) is 53.1 Å². The van der Waals surface area contributed by atoms with E-state index >= 15 is 0 Å². The van der Waals surface area contributed by atoms with Crippen molar-refractivity contribution in [2.75, 3.05) is 13.2 Å². The molecule has 0 fully saturated rings. The number of aliphatic hydroxyl groups is 1. The van der Waals surface area contributed by atoms with Crippen LogP contribution in [0.25, 0.3) is 16.5 Å². The number of aliphatic imine (C=N–C) groups is 1. The van der Waals surface area contributed by atoms with Gasteiger partial charge in [0, 0.05) is 47.7 Å². The Morgan fingerprint density at radius 3 is 2.61 bits per heavy atom. The Kier molecular flexibility index (Phi) is 10.8. The number of hydrogen-bond acceptors (Lipinski definition) is 7. The van der Waals surface area contributed by atoms with E-state index in [1.807, 2.05) is 42.5 Å². The quantitative estimate of drug-likeness (QED) is 0.0472. The third-order valence-electron chi connectivity index (χ3n) is 7.32. The molecule has 0 aromatic heterocycles. The van der Waals surface area contributed by atoms with Crippen LogP contribution in [-0.4, -0.2) is 35.7 Å². The van der Waals surface area contributed by atoms with Gasteiger partial charge in [0.05, 0.1) is 6.61 Å². The second-order valence-electron chi connectivity index (χ2n) is 10.5. The maximum absolute atomic E-state index is 14.3. The van der Waals surface area contributed by atoms with E-state index in [1.54, 1.807) is 60.7 Å². The monoisotopic (exact) mass is 620 g/mol. The normalized spacial score (nSPS) is 17.2. The molecule has 5 rings (SSSR count). The average Bonchev–Trinajstić information content (AvgIpc) is 3.46. The lowest BCUT2D eigenvalue weighted by Gasteiger charge is -2.30. The lowest BCUT2D eigenvalue weighted by Crippen LogP contribution is -2.52. The first-order valence-electron chi connectivity index (χ1n) is 14.8. The summed E-state index contributed by atoms with van der Waals surface area (Å²) in [6, 6.07) is 29.7. The Balaban J connectivity index is 1.53. The maximum Gasteiger partial charge on any atom is 0.266 e. The van der Waals surface area contributed by atoms with E-state index in [4.69, 9.17) is 19.6 Å². The highest BCUT2D eigenvalue weighted by Crippen LogP contribution is 2.45. The second-order valence-corrected chi connectivity index (χ2v) is 10.5. The molecule has 11 heteroatoms. The number of hydrazine groups is 1. The van der Waals surface area contributed by atoms with Crippen molar-refractivity contribution in [3.8, 4) is 5.75 Å². The smallest absolute Gasteiger partial charge is 0.266 e. The van der Waals surface area contributed by atoms with Crippen molar-refractivity contribution in [3.63, 3.8) is 0 Å². The molecule has 10 nitrogen and oxygen atoms in total. The molecule has 0 saturated carbocycles. The summed E-state index contributed by atoms with van der Waals surface area (Å²) < 4.78 is 25.9. The van der Waals surface area contributed by atoms with Crippen molar-refractivity contribution in [2.24, 2.45) is 10.1 Å². The van der Waals surface area contributed by atoms with Gasteiger partial charge < -0.3 is 14.6 Å². The number of benzene rings is 4. The number of nitrogens with one attached hydrogen (secondary N) is 2. The first-order valence-corrected chi connectivity index (χ1v) is 14.8. The average molecular weight is 621 g/mol. The molecule has 1 aliphatic rings. The molecule has 0 aliphatic carbocycles. The van der Waals surface area contributed by atoms with Gasteiger partial charge >= 0.3 is 0 Å². The standard InChI is InChI=1S/C35H33FN6O4/c36-28-13-6-11-26(23-28)24-38-41-34(44)35(20-7-12-25-9-2-1-3-10-25)32(30-14-4-5-15-31(30)40-42-37)46-33(39-35)27-16-18-29(19-17-27)45-22-8-21-43/h1-7,9-19,23,32,38,43H,8,20-22,24H2,(H,41,44)/b12-7+/t32-,35-/m0/s1. The Morgan fingerprint density at radius 2 is 1.85 bits per heavy atom. The summed E-state index contributed by atoms with van der Waals surface area (Å²) in [6.45, 7) is 0.557. The number of carbonyl (C=O) groups excluding carboxylic acids is 1. The first-order chi connectivity index (χ1) is 22.5. The van der Waals surface area contributed by atoms with E-state index in [1.165, 1.54) is 12.1 Å². The molecule has 234 valence electrons. The molecule has 4 aromatic carbocycles. The number of rotatable bonds is 14. The second kappa shape index (κ2) is 15.5. The number of amides is 1. The number of halogens is 1. The van der Waals surface area contributed by atoms with Crippen LogP contribution in [0.5, 0.6) is 5.75 Å². The van der Waals surface area contributed by atoms with E-state index in [0.717, 1.165) is 5.56 Å². The van der Waals surface area contributed by atoms with Gasteiger partial charge in [0.15, 0.2) is 11.6 Å². The molecule has 0 spiro atoms. The third kappa shape index (κ3) is 7.77. The van der Waals surface area contributed by atoms with Gasteiger partial charge in [0.25, 0.3) is 5.91 Å². The summed E-state index contributed by atoms with van der Waals surface area (Å²) in [5.74, 6) is -0.0548. The summed E-state index contributed by atoms with van der Waals surface area (Å²) in [7, 11) is 0. The number of azide groups is 1. The van der Waals surface area contributed by atoms with Gasteiger partial charge in [-0.15, -0.1) is 0 Å². The number of hydrogen-bond donors (Lipinski definition) is 3. The van der Waals surface area contributed by atoms with Crippen LogP contribution < -0.4 is 15.6 Å². The van der Waals surface area contributed by atoms with Crippen LogP contribution in [0.3, 0.4) is 0 Å². The molecule has 1 heterocycles. The Hall–Kier alpha value is -5.48.